The Balaban J connectivity index is 1.52. The predicted octanol–water partition coefficient (Wildman–Crippen LogP) is 3.02. The maximum absolute atomic E-state index is 14.6. The molecule has 0 spiro atoms. The zero-order valence-electron chi connectivity index (χ0n) is 16.1. The van der Waals surface area contributed by atoms with E-state index in [4.69, 9.17) is 0 Å². The highest BCUT2D eigenvalue weighted by molar-refractivity contribution is 5.90. The van der Waals surface area contributed by atoms with Crippen LogP contribution in [-0.2, 0) is 6.54 Å². The highest BCUT2D eigenvalue weighted by atomic mass is 19.1. The van der Waals surface area contributed by atoms with Crippen LogP contribution in [0.1, 0.15) is 23.6 Å². The van der Waals surface area contributed by atoms with Gasteiger partial charge in [-0.1, -0.05) is 12.1 Å². The van der Waals surface area contributed by atoms with Crippen molar-refractivity contribution in [1.29, 1.82) is 0 Å². The van der Waals surface area contributed by atoms with Gasteiger partial charge in [0.2, 0.25) is 0 Å². The van der Waals surface area contributed by atoms with E-state index in [1.54, 1.807) is 48.5 Å². The quantitative estimate of drug-likeness (QED) is 0.738. The topological polar surface area (TPSA) is 72.2 Å². The number of pyridine rings is 1. The molecule has 0 aliphatic carbocycles. The van der Waals surface area contributed by atoms with Crippen molar-refractivity contribution in [2.45, 2.75) is 25.9 Å². The van der Waals surface area contributed by atoms with Gasteiger partial charge in [0.05, 0.1) is 18.3 Å². The second-order valence-electron chi connectivity index (χ2n) is 7.19. The van der Waals surface area contributed by atoms with Crippen LogP contribution in [0.5, 0.6) is 0 Å². The first-order chi connectivity index (χ1) is 14.0. The fourth-order valence-corrected chi connectivity index (χ4v) is 3.62. The van der Waals surface area contributed by atoms with Crippen molar-refractivity contribution < 1.29 is 9.18 Å². The fourth-order valence-electron chi connectivity index (χ4n) is 3.62. The van der Waals surface area contributed by atoms with Crippen molar-refractivity contribution in [2.75, 3.05) is 18.4 Å². The Morgan fingerprint density at radius 1 is 1.24 bits per heavy atom. The van der Waals surface area contributed by atoms with Gasteiger partial charge in [-0.3, -0.25) is 9.48 Å². The molecule has 1 unspecified atom stereocenters. The van der Waals surface area contributed by atoms with E-state index in [0.29, 0.717) is 24.3 Å². The molecule has 3 aromatic rings. The first-order valence-corrected chi connectivity index (χ1v) is 9.51. The third-order valence-electron chi connectivity index (χ3n) is 5.25. The monoisotopic (exact) mass is 395 g/mol. The number of likely N-dealkylation sites (tertiary alicyclic amines) is 1. The van der Waals surface area contributed by atoms with Crippen molar-refractivity contribution in [3.63, 3.8) is 0 Å². The van der Waals surface area contributed by atoms with Crippen LogP contribution >= 0.6 is 0 Å². The highest BCUT2D eigenvalue weighted by Crippen LogP contribution is 2.24. The van der Waals surface area contributed by atoms with Crippen LogP contribution in [0.15, 0.2) is 59.8 Å². The van der Waals surface area contributed by atoms with E-state index in [2.05, 4.69) is 10.4 Å². The van der Waals surface area contributed by atoms with E-state index in [0.717, 1.165) is 6.42 Å². The van der Waals surface area contributed by atoms with E-state index < -0.39 is 5.82 Å². The molecule has 1 aliphatic heterocycles. The zero-order chi connectivity index (χ0) is 20.4. The third-order valence-corrected chi connectivity index (χ3v) is 5.25. The number of carbonyl (C=O) groups is 1. The van der Waals surface area contributed by atoms with Crippen LogP contribution in [-0.4, -0.2) is 38.4 Å². The smallest absolute Gasteiger partial charge is 0.321 e. The lowest BCUT2D eigenvalue weighted by molar-refractivity contribution is 0.220. The average molecular weight is 395 g/mol. The second-order valence-corrected chi connectivity index (χ2v) is 7.19. The number of rotatable bonds is 4. The maximum Gasteiger partial charge on any atom is 0.321 e. The van der Waals surface area contributed by atoms with Gasteiger partial charge >= 0.3 is 6.03 Å². The molecule has 7 nitrogen and oxygen atoms in total. The molecule has 29 heavy (non-hydrogen) atoms. The number of halogens is 1. The Morgan fingerprint density at radius 3 is 2.90 bits per heavy atom. The average Bonchev–Trinajstić information content (AvgIpc) is 3.39. The van der Waals surface area contributed by atoms with Crippen LogP contribution in [0, 0.1) is 12.7 Å². The largest absolute Gasteiger partial charge is 0.322 e. The van der Waals surface area contributed by atoms with E-state index in [1.807, 2.05) is 16.9 Å². The van der Waals surface area contributed by atoms with Gasteiger partial charge < -0.3 is 14.8 Å². The molecule has 2 amide bonds. The lowest BCUT2D eigenvalue weighted by atomic mass is 10.1. The first kappa shape index (κ1) is 18.9. The molecular formula is C21H22FN5O2. The fraction of sp³-hybridized carbons (Fsp3) is 0.286. The minimum Gasteiger partial charge on any atom is -0.322 e. The molecular weight excluding hydrogens is 373 g/mol. The SMILES string of the molecule is Cc1cccn(Cc2c(F)cccc2NC(=O)N2CCC(n3cccn3)C2)c1=O. The predicted molar refractivity (Wildman–Crippen MR) is 107 cm³/mol. The van der Waals surface area contributed by atoms with Gasteiger partial charge in [-0.25, -0.2) is 9.18 Å². The van der Waals surface area contributed by atoms with Crippen molar-refractivity contribution >= 4 is 11.7 Å². The Morgan fingerprint density at radius 2 is 2.10 bits per heavy atom. The van der Waals surface area contributed by atoms with E-state index in [9.17, 15) is 14.0 Å². The number of aromatic nitrogens is 3. The molecule has 0 bridgehead atoms. The van der Waals surface area contributed by atoms with Crippen molar-refractivity contribution in [1.82, 2.24) is 19.2 Å². The highest BCUT2D eigenvalue weighted by Gasteiger charge is 2.28. The Kier molecular flexibility index (Phi) is 5.16. The van der Waals surface area contributed by atoms with E-state index >= 15 is 0 Å². The van der Waals surface area contributed by atoms with Gasteiger partial charge in [0, 0.05) is 42.8 Å². The summed E-state index contributed by atoms with van der Waals surface area (Å²) in [5, 5.41) is 7.06. The molecule has 1 aliphatic rings. The number of amides is 2. The summed E-state index contributed by atoms with van der Waals surface area (Å²) in [6.45, 7) is 2.89. The van der Waals surface area contributed by atoms with Crippen molar-refractivity contribution in [2.24, 2.45) is 0 Å². The van der Waals surface area contributed by atoms with Crippen LogP contribution in [0.3, 0.4) is 0 Å². The molecule has 1 saturated heterocycles. The molecule has 3 heterocycles. The minimum absolute atomic E-state index is 0.0404. The van der Waals surface area contributed by atoms with Gasteiger partial charge in [0.1, 0.15) is 5.82 Å². The summed E-state index contributed by atoms with van der Waals surface area (Å²) in [4.78, 5) is 26.8. The van der Waals surface area contributed by atoms with Gasteiger partial charge in [-0.2, -0.15) is 5.10 Å². The molecule has 1 aromatic carbocycles. The first-order valence-electron chi connectivity index (χ1n) is 9.51. The van der Waals surface area contributed by atoms with Gasteiger partial charge in [0.25, 0.3) is 5.56 Å². The number of nitrogens with zero attached hydrogens (tertiary/aromatic N) is 4. The van der Waals surface area contributed by atoms with Gasteiger partial charge in [-0.15, -0.1) is 0 Å². The normalized spacial score (nSPS) is 16.2. The number of carbonyl (C=O) groups excluding carboxylic acids is 1. The van der Waals surface area contributed by atoms with Gasteiger partial charge in [0.15, 0.2) is 0 Å². The van der Waals surface area contributed by atoms with Crippen molar-refractivity contribution in [3.05, 3.63) is 82.3 Å². The molecule has 150 valence electrons. The lowest BCUT2D eigenvalue weighted by Gasteiger charge is -2.19. The summed E-state index contributed by atoms with van der Waals surface area (Å²) in [7, 11) is 0. The number of benzene rings is 1. The molecule has 4 rings (SSSR count). The van der Waals surface area contributed by atoms with Gasteiger partial charge in [-0.05, 0) is 37.6 Å². The summed E-state index contributed by atoms with van der Waals surface area (Å²) in [5.74, 6) is -0.466. The van der Waals surface area contributed by atoms with Crippen LogP contribution < -0.4 is 10.9 Å². The zero-order valence-corrected chi connectivity index (χ0v) is 16.1. The molecule has 1 fully saturated rings. The van der Waals surface area contributed by atoms with Crippen molar-refractivity contribution in [3.8, 4) is 0 Å². The van der Waals surface area contributed by atoms with Crippen LogP contribution in [0.4, 0.5) is 14.9 Å². The van der Waals surface area contributed by atoms with E-state index in [-0.39, 0.29) is 29.7 Å². The Labute approximate surface area is 167 Å². The third kappa shape index (κ3) is 3.91. The second kappa shape index (κ2) is 7.90. The summed E-state index contributed by atoms with van der Waals surface area (Å²) in [6.07, 6.45) is 6.03. The number of hydrogen-bond donors (Lipinski definition) is 1. The summed E-state index contributed by atoms with van der Waals surface area (Å²) in [5.41, 5.74) is 1.04. The summed E-state index contributed by atoms with van der Waals surface area (Å²) < 4.78 is 17.8. The number of hydrogen-bond acceptors (Lipinski definition) is 3. The number of anilines is 1. The number of urea groups is 1. The Hall–Kier alpha value is -3.42. The molecule has 2 aromatic heterocycles. The Bertz CT molecular complexity index is 1080. The summed E-state index contributed by atoms with van der Waals surface area (Å²) >= 11 is 0. The molecule has 0 saturated carbocycles. The molecule has 0 radical (unpaired) electrons. The number of aryl methyl sites for hydroxylation is 1. The van der Waals surface area contributed by atoms with Crippen LogP contribution in [0.2, 0.25) is 0 Å². The van der Waals surface area contributed by atoms with Crippen LogP contribution in [0.25, 0.3) is 0 Å². The standard InChI is InChI=1S/C21H22FN5O2/c1-15-5-3-10-25(20(15)28)14-17-18(22)6-2-7-19(17)24-21(29)26-12-8-16(13-26)27-11-4-9-23-27/h2-7,9-11,16H,8,12-14H2,1H3,(H,24,29). The minimum atomic E-state index is -0.466. The molecule has 1 atom stereocenters. The lowest BCUT2D eigenvalue weighted by Crippen LogP contribution is -2.34. The summed E-state index contributed by atoms with van der Waals surface area (Å²) in [6, 6.07) is 9.69. The number of nitrogens with one attached hydrogen (secondary N) is 1. The molecule has 8 heteroatoms. The molecule has 1 N–H and O–H groups in total. The maximum atomic E-state index is 14.6. The van der Waals surface area contributed by atoms with E-state index in [1.165, 1.54) is 10.6 Å².